The molecule has 23 valence electrons. The second kappa shape index (κ2) is 16.0. The molecule has 0 amide bonds. The van der Waals surface area contributed by atoms with Crippen LogP contribution in [-0.2, 0) is 42.2 Å². The molecule has 0 aliphatic rings. The zero-order valence-electron chi connectivity index (χ0n) is 1.80. The van der Waals surface area contributed by atoms with Crippen LogP contribution in [0.1, 0.15) is 0 Å². The fourth-order valence-corrected chi connectivity index (χ4v) is 0. The summed E-state index contributed by atoms with van der Waals surface area (Å²) in [4.78, 5) is 1.50. The summed E-state index contributed by atoms with van der Waals surface area (Å²) in [5.74, 6) is 0. The standard InChI is InChI=1S/CN.Fe.K.Zr.H/c1-2;;;;. The molecule has 0 atom stereocenters. The number of hydrogen-bond acceptors (Lipinski definition) is 1. The van der Waals surface area contributed by atoms with Crippen LogP contribution in [-0.4, -0.2) is 51.4 Å². The van der Waals surface area contributed by atoms with Crippen molar-refractivity contribution in [2.45, 2.75) is 0 Å². The first-order chi connectivity index (χ1) is 1.41. The van der Waals surface area contributed by atoms with Crippen LogP contribution in [0.2, 0.25) is 0 Å². The maximum Gasteiger partial charge on any atom is 0 e. The number of nitriles is 1. The molecule has 0 saturated carbocycles. The van der Waals surface area contributed by atoms with Gasteiger partial charge in [0, 0.05) is 26.2 Å². The summed E-state index contributed by atoms with van der Waals surface area (Å²) in [6.07, 6.45) is 0. The van der Waals surface area contributed by atoms with Gasteiger partial charge in [0.25, 0.3) is 0 Å². The Morgan fingerprint density at radius 3 is 1.60 bits per heavy atom. The molecule has 0 fully saturated rings. The second-order valence-electron chi connectivity index (χ2n) is 0.0791. The van der Waals surface area contributed by atoms with Crippen LogP contribution in [0.15, 0.2) is 0 Å². The quantitative estimate of drug-likeness (QED) is 0.491. The van der Waals surface area contributed by atoms with E-state index >= 15 is 0 Å². The van der Waals surface area contributed by atoms with Gasteiger partial charge in [-0.2, -0.15) is 0 Å². The molecule has 5 heavy (non-hydrogen) atoms. The summed E-state index contributed by atoms with van der Waals surface area (Å²) < 4.78 is 0. The van der Waals surface area contributed by atoms with Gasteiger partial charge in [0.2, 0.25) is 0 Å². The molecule has 0 saturated heterocycles. The van der Waals surface area contributed by atoms with Gasteiger partial charge >= 0.3 is 77.6 Å². The molecule has 0 bridgehead atoms. The van der Waals surface area contributed by atoms with Crippen LogP contribution in [0, 0.1) is 10.2 Å². The summed E-state index contributed by atoms with van der Waals surface area (Å²) in [6, 6.07) is 0. The third kappa shape index (κ3) is 20.9. The molecule has 0 aromatic carbocycles. The van der Waals surface area contributed by atoms with E-state index in [1.807, 2.05) is 0 Å². The first kappa shape index (κ1) is 15.6. The maximum atomic E-state index is 7.21. The van der Waals surface area contributed by atoms with E-state index < -0.39 is 0 Å². The van der Waals surface area contributed by atoms with Gasteiger partial charge < -0.3 is 0 Å². The third-order valence-corrected chi connectivity index (χ3v) is 0. The molecule has 0 aromatic rings. The van der Waals surface area contributed by atoms with Crippen molar-refractivity contribution in [3.63, 3.8) is 0 Å². The van der Waals surface area contributed by atoms with Crippen LogP contribution in [0.5, 0.6) is 0 Å². The minimum atomic E-state index is 0. The normalized spacial score (nSPS) is 1.60. The molecule has 0 rings (SSSR count). The van der Waals surface area contributed by atoms with E-state index in [-0.39, 0.29) is 77.6 Å². The van der Waals surface area contributed by atoms with E-state index in [0.717, 1.165) is 0 Å². The van der Waals surface area contributed by atoms with Crippen LogP contribution < -0.4 is 0 Å². The van der Waals surface area contributed by atoms with Crippen molar-refractivity contribution in [2.75, 3.05) is 0 Å². The Hall–Kier alpha value is 2.53. The SMILES string of the molecule is N#[C][Fe].[KH].[Zr]. The van der Waals surface area contributed by atoms with Gasteiger partial charge in [-0.3, -0.25) is 0 Å². The van der Waals surface area contributed by atoms with Gasteiger partial charge in [0.15, 0.2) is 0 Å². The minimum absolute atomic E-state index is 0. The van der Waals surface area contributed by atoms with Crippen LogP contribution in [0.3, 0.4) is 0 Å². The molecule has 0 radical (unpaired) electrons. The van der Waals surface area contributed by atoms with Crippen LogP contribution in [0.4, 0.5) is 0 Å². The number of nitrogens with zero attached hydrogens (tertiary/aromatic N) is 1. The maximum absolute atomic E-state index is 7.21. The Balaban J connectivity index is -0.0000000200. The van der Waals surface area contributed by atoms with Gasteiger partial charge in [-0.05, 0) is 0 Å². The molecular formula is CHFeKNZr. The molecule has 0 aromatic heterocycles. The van der Waals surface area contributed by atoms with Crippen molar-refractivity contribution in [1.29, 1.82) is 5.26 Å². The predicted octanol–water partition coefficient (Wildman–Crippen LogP) is -0.637. The molecule has 0 unspecified atom stereocenters. The van der Waals surface area contributed by atoms with Gasteiger partial charge in [0.1, 0.15) is 0 Å². The van der Waals surface area contributed by atoms with Gasteiger partial charge in [-0.15, -0.1) is 0 Å². The van der Waals surface area contributed by atoms with Crippen molar-refractivity contribution in [3.8, 4) is 4.97 Å². The Labute approximate surface area is 101 Å². The first-order valence-electron chi connectivity index (χ1n) is 0.400. The fraction of sp³-hybridized carbons (Fsp3) is 0. The predicted molar refractivity (Wildman–Crippen MR) is 12.8 cm³/mol. The molecule has 0 spiro atoms. The Morgan fingerprint density at radius 1 is 1.60 bits per heavy atom. The average molecular weight is 213 g/mol. The van der Waals surface area contributed by atoms with E-state index in [9.17, 15) is 0 Å². The molecular weight excluding hydrogens is 212 g/mol. The summed E-state index contributed by atoms with van der Waals surface area (Å²) in [5, 5.41) is 7.21. The molecule has 0 N–H and O–H groups in total. The van der Waals surface area contributed by atoms with E-state index in [4.69, 9.17) is 5.26 Å². The second-order valence-corrected chi connectivity index (χ2v) is 0.326. The molecule has 1 nitrogen and oxygen atoms in total. The molecule has 0 heterocycles. The molecule has 4 heteroatoms. The Kier molecular flexibility index (Phi) is 50.2. The monoisotopic (exact) mass is 212 g/mol. The summed E-state index contributed by atoms with van der Waals surface area (Å²) in [5.41, 5.74) is 0. The number of hydrogen-bond donors (Lipinski definition) is 0. The summed E-state index contributed by atoms with van der Waals surface area (Å²) >= 11 is 2.79. The zero-order valence-corrected chi connectivity index (χ0v) is 5.36. The fourth-order valence-electron chi connectivity index (χ4n) is 0. The summed E-state index contributed by atoms with van der Waals surface area (Å²) in [6.45, 7) is 0. The van der Waals surface area contributed by atoms with Gasteiger partial charge in [0.05, 0.1) is 0 Å². The minimum Gasteiger partial charge on any atom is 0 e. The average Bonchev–Trinajstić information content (AvgIpc) is 0.918. The summed E-state index contributed by atoms with van der Waals surface area (Å²) in [7, 11) is 0. The van der Waals surface area contributed by atoms with Crippen LogP contribution in [0.25, 0.3) is 0 Å². The third-order valence-electron chi connectivity index (χ3n) is 0. The largest absolute Gasteiger partial charge is 0 e. The van der Waals surface area contributed by atoms with E-state index in [0.29, 0.717) is 0 Å². The van der Waals surface area contributed by atoms with Gasteiger partial charge in [-0.1, -0.05) is 0 Å². The smallest absolute Gasteiger partial charge is 0 e. The van der Waals surface area contributed by atoms with E-state index in [1.54, 1.807) is 0 Å². The van der Waals surface area contributed by atoms with E-state index in [2.05, 4.69) is 16.0 Å². The number of rotatable bonds is 0. The zero-order chi connectivity index (χ0) is 2.71. The van der Waals surface area contributed by atoms with Crippen LogP contribution >= 0.6 is 0 Å². The first-order valence-corrected chi connectivity index (χ1v) is 0.952. The van der Waals surface area contributed by atoms with Crippen molar-refractivity contribution in [2.24, 2.45) is 0 Å². The van der Waals surface area contributed by atoms with Crippen molar-refractivity contribution < 1.29 is 42.2 Å². The topological polar surface area (TPSA) is 23.8 Å². The Morgan fingerprint density at radius 2 is 1.60 bits per heavy atom. The molecule has 0 aliphatic heterocycles. The van der Waals surface area contributed by atoms with Crippen molar-refractivity contribution >= 4 is 51.4 Å². The molecule has 0 aliphatic carbocycles. The van der Waals surface area contributed by atoms with Crippen molar-refractivity contribution in [1.82, 2.24) is 0 Å². The van der Waals surface area contributed by atoms with Crippen molar-refractivity contribution in [3.05, 3.63) is 0 Å². The van der Waals surface area contributed by atoms with Gasteiger partial charge in [-0.25, -0.2) is 0 Å². The van der Waals surface area contributed by atoms with E-state index in [1.165, 1.54) is 4.97 Å². The Bertz CT molecular complexity index is 33.1.